The van der Waals surface area contributed by atoms with E-state index in [9.17, 15) is 0 Å². The maximum atomic E-state index is 4.29. The van der Waals surface area contributed by atoms with Gasteiger partial charge in [-0.2, -0.15) is 0 Å². The first kappa shape index (κ1) is 17.4. The quantitative estimate of drug-likeness (QED) is 0.734. The van der Waals surface area contributed by atoms with E-state index >= 15 is 0 Å². The summed E-state index contributed by atoms with van der Waals surface area (Å²) in [4.78, 5) is 8.14. The van der Waals surface area contributed by atoms with Gasteiger partial charge in [0.2, 0.25) is 0 Å². The maximum absolute atomic E-state index is 4.29. The van der Waals surface area contributed by atoms with Gasteiger partial charge in [-0.25, -0.2) is 0 Å². The lowest BCUT2D eigenvalue weighted by Gasteiger charge is -2.00. The first-order chi connectivity index (χ1) is 10.8. The van der Waals surface area contributed by atoms with Gasteiger partial charge in [-0.15, -0.1) is 0 Å². The molecule has 116 valence electrons. The van der Waals surface area contributed by atoms with E-state index in [0.29, 0.717) is 0 Å². The number of nitrogens with zero attached hydrogens (tertiary/aromatic N) is 2. The zero-order valence-corrected chi connectivity index (χ0v) is 13.7. The number of benzene rings is 1. The van der Waals surface area contributed by atoms with E-state index in [1.165, 1.54) is 5.39 Å². The normalized spacial score (nSPS) is 8.91. The molecular weight excluding hydrogens is 272 g/mol. The molecule has 0 aliphatic rings. The van der Waals surface area contributed by atoms with Gasteiger partial charge in [0, 0.05) is 37.6 Å². The summed E-state index contributed by atoms with van der Waals surface area (Å²) >= 11 is 0. The average molecular weight is 296 g/mol. The highest BCUT2D eigenvalue weighted by Crippen LogP contribution is 2.14. The molecular formula is C18H24N4. The molecule has 0 unspecified atom stereocenters. The number of fused-ring (bicyclic) bond motifs is 1. The Morgan fingerprint density at radius 2 is 1.45 bits per heavy atom. The number of hydrogen-bond donors (Lipinski definition) is 2. The molecule has 0 fully saturated rings. The van der Waals surface area contributed by atoms with Crippen LogP contribution in [0.1, 0.15) is 13.8 Å². The van der Waals surface area contributed by atoms with Crippen LogP contribution in [0.25, 0.3) is 10.9 Å². The number of aromatic nitrogens is 2. The Morgan fingerprint density at radius 1 is 0.818 bits per heavy atom. The first-order valence-electron chi connectivity index (χ1n) is 7.44. The van der Waals surface area contributed by atoms with E-state index in [2.05, 4.69) is 32.7 Å². The van der Waals surface area contributed by atoms with Crippen LogP contribution in [0.3, 0.4) is 0 Å². The zero-order chi connectivity index (χ0) is 16.2. The number of para-hydroxylation sites is 1. The largest absolute Gasteiger partial charge is 0.388 e. The topological polar surface area (TPSA) is 49.8 Å². The van der Waals surface area contributed by atoms with Crippen LogP contribution in [-0.2, 0) is 0 Å². The highest BCUT2D eigenvalue weighted by Gasteiger charge is 1.93. The van der Waals surface area contributed by atoms with Crippen molar-refractivity contribution < 1.29 is 0 Å². The second-order valence-corrected chi connectivity index (χ2v) is 4.15. The summed E-state index contributed by atoms with van der Waals surface area (Å²) in [5.41, 5.74) is 3.19. The zero-order valence-electron chi connectivity index (χ0n) is 13.7. The SMILES string of the molecule is CC.CNc1ccncc1.CNc1cnc2ccccc2c1. The summed E-state index contributed by atoms with van der Waals surface area (Å²) in [5.74, 6) is 0. The Kier molecular flexibility index (Phi) is 8.05. The monoisotopic (exact) mass is 296 g/mol. The number of rotatable bonds is 2. The summed E-state index contributed by atoms with van der Waals surface area (Å²) in [6, 6.07) is 14.0. The summed E-state index contributed by atoms with van der Waals surface area (Å²) in [5, 5.41) is 7.21. The Bertz CT molecular complexity index is 653. The molecule has 0 aliphatic heterocycles. The minimum atomic E-state index is 1.04. The fraction of sp³-hybridized carbons (Fsp3) is 0.222. The lowest BCUT2D eigenvalue weighted by molar-refractivity contribution is 1.32. The smallest absolute Gasteiger partial charge is 0.0703 e. The predicted octanol–water partition coefficient (Wildman–Crippen LogP) is 4.43. The highest BCUT2D eigenvalue weighted by atomic mass is 14.8. The summed E-state index contributed by atoms with van der Waals surface area (Å²) in [6.45, 7) is 4.00. The molecule has 1 aromatic carbocycles. The van der Waals surface area contributed by atoms with E-state index in [0.717, 1.165) is 16.9 Å². The minimum Gasteiger partial charge on any atom is -0.388 e. The van der Waals surface area contributed by atoms with Crippen LogP contribution in [0.5, 0.6) is 0 Å². The van der Waals surface area contributed by atoms with Crippen LogP contribution >= 0.6 is 0 Å². The molecule has 0 radical (unpaired) electrons. The van der Waals surface area contributed by atoms with Crippen molar-refractivity contribution in [2.24, 2.45) is 0 Å². The van der Waals surface area contributed by atoms with Crippen molar-refractivity contribution >= 4 is 22.3 Å². The van der Waals surface area contributed by atoms with Crippen LogP contribution in [0.15, 0.2) is 61.1 Å². The molecule has 0 aliphatic carbocycles. The van der Waals surface area contributed by atoms with Gasteiger partial charge in [0.25, 0.3) is 0 Å². The van der Waals surface area contributed by atoms with Gasteiger partial charge in [0.05, 0.1) is 17.4 Å². The molecule has 0 atom stereocenters. The Labute approximate surface area is 132 Å². The summed E-state index contributed by atoms with van der Waals surface area (Å²) in [6.07, 6.45) is 5.35. The lowest BCUT2D eigenvalue weighted by atomic mass is 10.2. The molecule has 0 amide bonds. The Balaban J connectivity index is 0.000000211. The van der Waals surface area contributed by atoms with Crippen LogP contribution in [0, 0.1) is 0 Å². The van der Waals surface area contributed by atoms with Gasteiger partial charge in [0.1, 0.15) is 0 Å². The van der Waals surface area contributed by atoms with Gasteiger partial charge in [-0.05, 0) is 24.3 Å². The van der Waals surface area contributed by atoms with Crippen molar-refractivity contribution in [3.8, 4) is 0 Å². The van der Waals surface area contributed by atoms with E-state index in [-0.39, 0.29) is 0 Å². The summed E-state index contributed by atoms with van der Waals surface area (Å²) < 4.78 is 0. The van der Waals surface area contributed by atoms with Crippen molar-refractivity contribution in [2.45, 2.75) is 13.8 Å². The van der Waals surface area contributed by atoms with Gasteiger partial charge in [0.15, 0.2) is 0 Å². The molecule has 4 nitrogen and oxygen atoms in total. The number of anilines is 2. The highest BCUT2D eigenvalue weighted by molar-refractivity contribution is 5.81. The molecule has 0 saturated heterocycles. The molecule has 4 heteroatoms. The van der Waals surface area contributed by atoms with Crippen LogP contribution in [-0.4, -0.2) is 24.1 Å². The molecule has 3 aromatic rings. The van der Waals surface area contributed by atoms with Gasteiger partial charge >= 0.3 is 0 Å². The third-order valence-corrected chi connectivity index (χ3v) is 2.85. The van der Waals surface area contributed by atoms with E-state index in [1.54, 1.807) is 12.4 Å². The van der Waals surface area contributed by atoms with Gasteiger partial charge < -0.3 is 10.6 Å². The van der Waals surface area contributed by atoms with Gasteiger partial charge in [-0.1, -0.05) is 32.0 Å². The molecule has 2 aromatic heterocycles. The predicted molar refractivity (Wildman–Crippen MR) is 96.4 cm³/mol. The average Bonchev–Trinajstić information content (AvgIpc) is 2.64. The molecule has 2 N–H and O–H groups in total. The maximum Gasteiger partial charge on any atom is 0.0703 e. The Hall–Kier alpha value is -2.62. The van der Waals surface area contributed by atoms with E-state index < -0.39 is 0 Å². The van der Waals surface area contributed by atoms with Crippen LogP contribution in [0.4, 0.5) is 11.4 Å². The lowest BCUT2D eigenvalue weighted by Crippen LogP contribution is -1.88. The standard InChI is InChI=1S/C10H10N2.C6H8N2.C2H6/c1-11-9-6-8-4-2-3-5-10(8)12-7-9;1-7-6-2-4-8-5-3-6;1-2/h2-7,11H,1H3;2-5H,1H3,(H,7,8);1-2H3. The van der Waals surface area contributed by atoms with Crippen molar-refractivity contribution in [1.29, 1.82) is 0 Å². The Morgan fingerprint density at radius 3 is 2.05 bits per heavy atom. The fourth-order valence-electron chi connectivity index (χ4n) is 1.73. The molecule has 0 spiro atoms. The van der Waals surface area contributed by atoms with Crippen molar-refractivity contribution in [3.05, 3.63) is 61.1 Å². The van der Waals surface area contributed by atoms with Crippen molar-refractivity contribution in [3.63, 3.8) is 0 Å². The van der Waals surface area contributed by atoms with Crippen LogP contribution in [0.2, 0.25) is 0 Å². The van der Waals surface area contributed by atoms with Crippen LogP contribution < -0.4 is 10.6 Å². The van der Waals surface area contributed by atoms with Crippen molar-refractivity contribution in [2.75, 3.05) is 24.7 Å². The number of pyridine rings is 2. The number of hydrogen-bond acceptors (Lipinski definition) is 4. The second-order valence-electron chi connectivity index (χ2n) is 4.15. The molecule has 0 bridgehead atoms. The molecule has 0 saturated carbocycles. The first-order valence-corrected chi connectivity index (χ1v) is 7.44. The molecule has 2 heterocycles. The molecule has 22 heavy (non-hydrogen) atoms. The minimum absolute atomic E-state index is 1.04. The van der Waals surface area contributed by atoms with Crippen molar-refractivity contribution in [1.82, 2.24) is 9.97 Å². The summed E-state index contributed by atoms with van der Waals surface area (Å²) in [7, 11) is 3.78. The third-order valence-electron chi connectivity index (χ3n) is 2.85. The molecule has 3 rings (SSSR count). The third kappa shape index (κ3) is 5.40. The fourth-order valence-corrected chi connectivity index (χ4v) is 1.73. The van der Waals surface area contributed by atoms with E-state index in [1.807, 2.05) is 64.5 Å². The van der Waals surface area contributed by atoms with E-state index in [4.69, 9.17) is 0 Å². The second kappa shape index (κ2) is 10.2. The van der Waals surface area contributed by atoms with Gasteiger partial charge in [-0.3, -0.25) is 9.97 Å². The number of nitrogens with one attached hydrogen (secondary N) is 2.